The minimum atomic E-state index is -4.45. The first-order valence-electron chi connectivity index (χ1n) is 6.66. The van der Waals surface area contributed by atoms with Gasteiger partial charge >= 0.3 is 6.18 Å². The zero-order valence-electron chi connectivity index (χ0n) is 11.3. The molecule has 118 valence electrons. The average molecular weight is 350 g/mol. The third kappa shape index (κ3) is 2.95. The number of benzene rings is 1. The number of hydrogen-bond donors (Lipinski definition) is 1. The Morgan fingerprint density at radius 1 is 1.27 bits per heavy atom. The van der Waals surface area contributed by atoms with E-state index in [1.807, 2.05) is 0 Å². The fraction of sp³-hybridized carbons (Fsp3) is 0.357. The van der Waals surface area contributed by atoms with Crippen LogP contribution in [-0.4, -0.2) is 16.3 Å². The second kappa shape index (κ2) is 5.76. The molecule has 0 saturated heterocycles. The predicted octanol–water partition coefficient (Wildman–Crippen LogP) is 3.90. The third-order valence-corrected chi connectivity index (χ3v) is 4.20. The summed E-state index contributed by atoms with van der Waals surface area (Å²) in [5.41, 5.74) is 0.714. The van der Waals surface area contributed by atoms with E-state index in [-0.39, 0.29) is 12.1 Å². The lowest BCUT2D eigenvalue weighted by molar-refractivity contribution is -0.142. The van der Waals surface area contributed by atoms with E-state index in [9.17, 15) is 13.2 Å². The molecule has 0 radical (unpaired) electrons. The predicted molar refractivity (Wildman–Crippen MR) is 78.2 cm³/mol. The van der Waals surface area contributed by atoms with Gasteiger partial charge in [0.15, 0.2) is 5.69 Å². The van der Waals surface area contributed by atoms with Gasteiger partial charge in [0.05, 0.1) is 12.2 Å². The Bertz CT molecular complexity index is 710. The molecule has 0 fully saturated rings. The van der Waals surface area contributed by atoms with Crippen molar-refractivity contribution in [2.75, 3.05) is 6.54 Å². The summed E-state index contributed by atoms with van der Waals surface area (Å²) in [5, 5.41) is 7.75. The molecule has 0 atom stereocenters. The Morgan fingerprint density at radius 2 is 2.05 bits per heavy atom. The Morgan fingerprint density at radius 3 is 2.73 bits per heavy atom. The Hall–Kier alpha value is -1.24. The average Bonchev–Trinajstić information content (AvgIpc) is 2.81. The standard InChI is InChI=1S/C14H12Cl2F3N3/c15-9-2-1-8(11(16)5-9)7-22-12-6-20-4-3-10(12)13(21-22)14(17,18)19/h1-2,5,20H,3-4,6-7H2. The number of rotatable bonds is 2. The van der Waals surface area contributed by atoms with Gasteiger partial charge in [0.2, 0.25) is 0 Å². The van der Waals surface area contributed by atoms with Crippen molar-refractivity contribution in [1.29, 1.82) is 0 Å². The summed E-state index contributed by atoms with van der Waals surface area (Å²) in [6.45, 7) is 1.06. The highest BCUT2D eigenvalue weighted by Crippen LogP contribution is 2.34. The zero-order valence-corrected chi connectivity index (χ0v) is 12.9. The molecule has 1 aliphatic rings. The lowest BCUT2D eigenvalue weighted by Gasteiger charge is -2.16. The van der Waals surface area contributed by atoms with E-state index in [1.165, 1.54) is 4.68 Å². The van der Waals surface area contributed by atoms with Crippen molar-refractivity contribution in [3.05, 3.63) is 50.8 Å². The Labute approximate surface area is 135 Å². The first kappa shape index (κ1) is 15.6. The van der Waals surface area contributed by atoms with Gasteiger partial charge in [-0.05, 0) is 30.7 Å². The molecule has 3 nitrogen and oxygen atoms in total. The van der Waals surface area contributed by atoms with E-state index >= 15 is 0 Å². The number of aromatic nitrogens is 2. The van der Waals surface area contributed by atoms with E-state index in [0.717, 1.165) is 0 Å². The molecule has 2 heterocycles. The van der Waals surface area contributed by atoms with Crippen LogP contribution in [-0.2, 0) is 25.7 Å². The monoisotopic (exact) mass is 349 g/mol. The van der Waals surface area contributed by atoms with Gasteiger partial charge in [0, 0.05) is 22.2 Å². The number of nitrogens with zero attached hydrogens (tertiary/aromatic N) is 2. The van der Waals surface area contributed by atoms with Crippen LogP contribution >= 0.6 is 23.2 Å². The molecule has 0 bridgehead atoms. The van der Waals surface area contributed by atoms with Gasteiger partial charge in [-0.25, -0.2) is 0 Å². The molecule has 1 aliphatic heterocycles. The maximum atomic E-state index is 13.1. The molecule has 1 N–H and O–H groups in total. The van der Waals surface area contributed by atoms with Gasteiger partial charge < -0.3 is 5.32 Å². The molecule has 0 amide bonds. The minimum Gasteiger partial charge on any atom is -0.311 e. The normalized spacial score (nSPS) is 15.0. The number of halogens is 5. The van der Waals surface area contributed by atoms with Crippen molar-refractivity contribution in [2.24, 2.45) is 0 Å². The molecule has 0 spiro atoms. The molecule has 8 heteroatoms. The number of nitrogens with one attached hydrogen (secondary N) is 1. The summed E-state index contributed by atoms with van der Waals surface area (Å²) in [5.74, 6) is 0. The van der Waals surface area contributed by atoms with Crippen LogP contribution in [0.3, 0.4) is 0 Å². The van der Waals surface area contributed by atoms with Gasteiger partial charge in [0.25, 0.3) is 0 Å². The maximum absolute atomic E-state index is 13.1. The van der Waals surface area contributed by atoms with Gasteiger partial charge in [-0.1, -0.05) is 29.3 Å². The van der Waals surface area contributed by atoms with E-state index in [0.29, 0.717) is 40.8 Å². The fourth-order valence-electron chi connectivity index (χ4n) is 2.58. The van der Waals surface area contributed by atoms with Gasteiger partial charge in [-0.3, -0.25) is 4.68 Å². The third-order valence-electron chi connectivity index (χ3n) is 3.61. The summed E-state index contributed by atoms with van der Waals surface area (Å²) in [4.78, 5) is 0. The molecule has 0 aliphatic carbocycles. The molecular weight excluding hydrogens is 338 g/mol. The van der Waals surface area contributed by atoms with Crippen LogP contribution in [0.4, 0.5) is 13.2 Å². The highest BCUT2D eigenvalue weighted by molar-refractivity contribution is 6.35. The van der Waals surface area contributed by atoms with Crippen molar-refractivity contribution in [1.82, 2.24) is 15.1 Å². The first-order valence-corrected chi connectivity index (χ1v) is 7.42. The molecule has 1 aromatic carbocycles. The summed E-state index contributed by atoms with van der Waals surface area (Å²) < 4.78 is 40.7. The highest BCUT2D eigenvalue weighted by atomic mass is 35.5. The Balaban J connectivity index is 2.02. The first-order chi connectivity index (χ1) is 10.4. The summed E-state index contributed by atoms with van der Waals surface area (Å²) in [7, 11) is 0. The van der Waals surface area contributed by atoms with Crippen molar-refractivity contribution < 1.29 is 13.2 Å². The van der Waals surface area contributed by atoms with Crippen LogP contribution in [0.1, 0.15) is 22.5 Å². The number of alkyl halides is 3. The highest BCUT2D eigenvalue weighted by Gasteiger charge is 2.39. The van der Waals surface area contributed by atoms with E-state index in [1.54, 1.807) is 18.2 Å². The molecule has 0 saturated carbocycles. The van der Waals surface area contributed by atoms with Crippen LogP contribution in [0.5, 0.6) is 0 Å². The van der Waals surface area contributed by atoms with Crippen molar-refractivity contribution in [3.63, 3.8) is 0 Å². The lowest BCUT2D eigenvalue weighted by atomic mass is 10.1. The largest absolute Gasteiger partial charge is 0.435 e. The van der Waals surface area contributed by atoms with Crippen molar-refractivity contribution >= 4 is 23.2 Å². The molecule has 0 unspecified atom stereocenters. The second-order valence-electron chi connectivity index (χ2n) is 5.09. The Kier molecular flexibility index (Phi) is 4.09. The van der Waals surface area contributed by atoms with Crippen LogP contribution in [0, 0.1) is 0 Å². The molecular formula is C14H12Cl2F3N3. The minimum absolute atomic E-state index is 0.177. The van der Waals surface area contributed by atoms with E-state index < -0.39 is 11.9 Å². The fourth-order valence-corrected chi connectivity index (χ4v) is 3.05. The van der Waals surface area contributed by atoms with E-state index in [2.05, 4.69) is 10.4 Å². The molecule has 3 rings (SSSR count). The summed E-state index contributed by atoms with van der Waals surface area (Å²) in [6.07, 6.45) is -4.13. The van der Waals surface area contributed by atoms with Crippen molar-refractivity contribution in [2.45, 2.75) is 25.7 Å². The van der Waals surface area contributed by atoms with Crippen LogP contribution < -0.4 is 5.32 Å². The molecule has 1 aromatic heterocycles. The van der Waals surface area contributed by atoms with Gasteiger partial charge in [0.1, 0.15) is 0 Å². The molecule has 2 aromatic rings. The topological polar surface area (TPSA) is 29.9 Å². The SMILES string of the molecule is FC(F)(F)c1nn(Cc2ccc(Cl)cc2Cl)c2c1CCNC2. The second-order valence-corrected chi connectivity index (χ2v) is 5.94. The van der Waals surface area contributed by atoms with Gasteiger partial charge in [-0.2, -0.15) is 18.3 Å². The molecule has 22 heavy (non-hydrogen) atoms. The van der Waals surface area contributed by atoms with Crippen molar-refractivity contribution in [3.8, 4) is 0 Å². The van der Waals surface area contributed by atoms with Crippen LogP contribution in [0.2, 0.25) is 10.0 Å². The number of hydrogen-bond acceptors (Lipinski definition) is 2. The quantitative estimate of drug-likeness (QED) is 0.890. The smallest absolute Gasteiger partial charge is 0.311 e. The lowest BCUT2D eigenvalue weighted by Crippen LogP contribution is -2.26. The summed E-state index contributed by atoms with van der Waals surface area (Å²) in [6, 6.07) is 4.92. The number of fused-ring (bicyclic) bond motifs is 1. The van der Waals surface area contributed by atoms with Crippen LogP contribution in [0.15, 0.2) is 18.2 Å². The van der Waals surface area contributed by atoms with E-state index in [4.69, 9.17) is 23.2 Å². The maximum Gasteiger partial charge on any atom is 0.435 e. The van der Waals surface area contributed by atoms with Gasteiger partial charge in [-0.15, -0.1) is 0 Å². The van der Waals surface area contributed by atoms with Crippen LogP contribution in [0.25, 0.3) is 0 Å². The zero-order chi connectivity index (χ0) is 15.9. The summed E-state index contributed by atoms with van der Waals surface area (Å²) >= 11 is 11.9.